The highest BCUT2D eigenvalue weighted by Crippen LogP contribution is 2.36. The standard InChI is InChI=1S/C12H13ClF3NOS/c13-11-2-1-9(7-10(11)12(14,15)16)17-8-3-5-19(18)6-4-8/h1-2,7-8,17H,3-6H2. The zero-order chi connectivity index (χ0) is 14.0. The van der Waals surface area contributed by atoms with Crippen molar-refractivity contribution >= 4 is 28.1 Å². The van der Waals surface area contributed by atoms with Gasteiger partial charge in [-0.2, -0.15) is 13.2 Å². The van der Waals surface area contributed by atoms with Gasteiger partial charge >= 0.3 is 6.18 Å². The van der Waals surface area contributed by atoms with E-state index in [2.05, 4.69) is 5.32 Å². The molecule has 1 heterocycles. The molecule has 0 radical (unpaired) electrons. The Morgan fingerprint density at radius 3 is 2.47 bits per heavy atom. The molecule has 0 aliphatic carbocycles. The average molecular weight is 312 g/mol. The van der Waals surface area contributed by atoms with Crippen molar-refractivity contribution in [1.82, 2.24) is 0 Å². The SMILES string of the molecule is O=S1CCC(Nc2ccc(Cl)c(C(F)(F)F)c2)CC1. The van der Waals surface area contributed by atoms with Crippen molar-refractivity contribution in [3.8, 4) is 0 Å². The molecular formula is C12H13ClF3NOS. The molecule has 1 saturated heterocycles. The summed E-state index contributed by atoms with van der Waals surface area (Å²) in [6, 6.07) is 3.87. The van der Waals surface area contributed by atoms with Gasteiger partial charge in [0.2, 0.25) is 0 Å². The molecule has 19 heavy (non-hydrogen) atoms. The number of rotatable bonds is 2. The lowest BCUT2D eigenvalue weighted by atomic mass is 10.1. The number of halogens is 4. The normalized spacial score (nSPS) is 24.2. The molecule has 1 aromatic carbocycles. The van der Waals surface area contributed by atoms with E-state index in [0.29, 0.717) is 30.0 Å². The summed E-state index contributed by atoms with van der Waals surface area (Å²) in [6.45, 7) is 0. The van der Waals surface area contributed by atoms with Crippen LogP contribution in [0.2, 0.25) is 5.02 Å². The predicted molar refractivity (Wildman–Crippen MR) is 71.0 cm³/mol. The number of nitrogens with one attached hydrogen (secondary N) is 1. The first kappa shape index (κ1) is 14.7. The van der Waals surface area contributed by atoms with Gasteiger partial charge in [-0.3, -0.25) is 4.21 Å². The van der Waals surface area contributed by atoms with Crippen molar-refractivity contribution < 1.29 is 17.4 Å². The van der Waals surface area contributed by atoms with Crippen molar-refractivity contribution in [2.75, 3.05) is 16.8 Å². The third kappa shape index (κ3) is 3.86. The number of hydrogen-bond acceptors (Lipinski definition) is 2. The van der Waals surface area contributed by atoms with Gasteiger partial charge in [0.05, 0.1) is 10.6 Å². The zero-order valence-corrected chi connectivity index (χ0v) is 11.5. The number of benzene rings is 1. The van der Waals surface area contributed by atoms with Crippen molar-refractivity contribution in [3.63, 3.8) is 0 Å². The van der Waals surface area contributed by atoms with Crippen molar-refractivity contribution in [3.05, 3.63) is 28.8 Å². The van der Waals surface area contributed by atoms with E-state index in [1.54, 1.807) is 0 Å². The van der Waals surface area contributed by atoms with E-state index in [0.717, 1.165) is 6.07 Å². The van der Waals surface area contributed by atoms with E-state index >= 15 is 0 Å². The molecule has 2 nitrogen and oxygen atoms in total. The number of alkyl halides is 3. The molecule has 1 aliphatic rings. The fraction of sp³-hybridized carbons (Fsp3) is 0.500. The average Bonchev–Trinajstić information content (AvgIpc) is 2.33. The van der Waals surface area contributed by atoms with Crippen molar-refractivity contribution in [2.45, 2.75) is 25.1 Å². The molecule has 0 spiro atoms. The molecule has 1 fully saturated rings. The van der Waals surface area contributed by atoms with Crippen LogP contribution in [0, 0.1) is 0 Å². The summed E-state index contributed by atoms with van der Waals surface area (Å²) in [5.41, 5.74) is -0.437. The second-order valence-corrected chi connectivity index (χ2v) is 6.56. The van der Waals surface area contributed by atoms with Crippen LogP contribution >= 0.6 is 11.6 Å². The first-order chi connectivity index (χ1) is 8.86. The highest BCUT2D eigenvalue weighted by atomic mass is 35.5. The summed E-state index contributed by atoms with van der Waals surface area (Å²) >= 11 is 5.55. The minimum Gasteiger partial charge on any atom is -0.382 e. The lowest BCUT2D eigenvalue weighted by Gasteiger charge is -2.24. The van der Waals surface area contributed by atoms with E-state index in [1.807, 2.05) is 0 Å². The van der Waals surface area contributed by atoms with Gasteiger partial charge in [-0.05, 0) is 31.0 Å². The van der Waals surface area contributed by atoms with Crippen LogP contribution in [0.25, 0.3) is 0 Å². The lowest BCUT2D eigenvalue weighted by Crippen LogP contribution is -2.29. The minimum absolute atomic E-state index is 0.0694. The Morgan fingerprint density at radius 1 is 1.26 bits per heavy atom. The molecular weight excluding hydrogens is 299 g/mol. The largest absolute Gasteiger partial charge is 0.417 e. The highest BCUT2D eigenvalue weighted by Gasteiger charge is 2.33. The fourth-order valence-electron chi connectivity index (χ4n) is 2.01. The fourth-order valence-corrected chi connectivity index (χ4v) is 3.53. The van der Waals surface area contributed by atoms with E-state index in [9.17, 15) is 17.4 Å². The van der Waals surface area contributed by atoms with E-state index in [-0.39, 0.29) is 11.1 Å². The van der Waals surface area contributed by atoms with Gasteiger partial charge in [0.25, 0.3) is 0 Å². The molecule has 2 rings (SSSR count). The molecule has 7 heteroatoms. The Bertz CT molecular complexity index is 482. The van der Waals surface area contributed by atoms with Crippen LogP contribution in [0.5, 0.6) is 0 Å². The summed E-state index contributed by atoms with van der Waals surface area (Å²) in [5.74, 6) is 1.19. The lowest BCUT2D eigenvalue weighted by molar-refractivity contribution is -0.137. The molecule has 0 bridgehead atoms. The summed E-state index contributed by atoms with van der Waals surface area (Å²) in [7, 11) is -0.782. The Labute approximate surface area is 116 Å². The number of anilines is 1. The second-order valence-electron chi connectivity index (χ2n) is 4.46. The van der Waals surface area contributed by atoms with Crippen LogP contribution in [-0.4, -0.2) is 21.8 Å². The van der Waals surface area contributed by atoms with Crippen molar-refractivity contribution in [1.29, 1.82) is 0 Å². The van der Waals surface area contributed by atoms with Gasteiger partial charge in [-0.15, -0.1) is 0 Å². The van der Waals surface area contributed by atoms with Crippen molar-refractivity contribution in [2.24, 2.45) is 0 Å². The maximum Gasteiger partial charge on any atom is 0.417 e. The summed E-state index contributed by atoms with van der Waals surface area (Å²) < 4.78 is 49.3. The smallest absolute Gasteiger partial charge is 0.382 e. The van der Waals surface area contributed by atoms with Crippen LogP contribution in [0.15, 0.2) is 18.2 Å². The first-order valence-electron chi connectivity index (χ1n) is 5.84. The van der Waals surface area contributed by atoms with Gasteiger partial charge in [-0.1, -0.05) is 11.6 Å². The Morgan fingerprint density at radius 2 is 1.89 bits per heavy atom. The monoisotopic (exact) mass is 311 g/mol. The van der Waals surface area contributed by atoms with Crippen LogP contribution in [0.3, 0.4) is 0 Å². The quantitative estimate of drug-likeness (QED) is 0.902. The summed E-state index contributed by atoms with van der Waals surface area (Å²) in [4.78, 5) is 0. The molecule has 106 valence electrons. The van der Waals surface area contributed by atoms with E-state index < -0.39 is 22.5 Å². The Kier molecular flexibility index (Phi) is 4.40. The Hall–Kier alpha value is -0.750. The van der Waals surface area contributed by atoms with Crippen LogP contribution < -0.4 is 5.32 Å². The van der Waals surface area contributed by atoms with Crippen LogP contribution in [0.1, 0.15) is 18.4 Å². The van der Waals surface area contributed by atoms with Gasteiger partial charge in [0, 0.05) is 34.0 Å². The molecule has 1 aliphatic heterocycles. The Balaban J connectivity index is 2.11. The molecule has 1 N–H and O–H groups in total. The maximum atomic E-state index is 12.7. The third-order valence-electron chi connectivity index (χ3n) is 3.03. The van der Waals surface area contributed by atoms with Crippen LogP contribution in [0.4, 0.5) is 18.9 Å². The van der Waals surface area contributed by atoms with Crippen LogP contribution in [-0.2, 0) is 17.0 Å². The molecule has 0 amide bonds. The predicted octanol–water partition coefficient (Wildman–Crippen LogP) is 3.68. The first-order valence-corrected chi connectivity index (χ1v) is 7.71. The molecule has 0 unspecified atom stereocenters. The third-order valence-corrected chi connectivity index (χ3v) is 4.74. The second kappa shape index (κ2) is 5.71. The van der Waals surface area contributed by atoms with E-state index in [4.69, 9.17) is 11.6 Å². The molecule has 0 aromatic heterocycles. The molecule has 0 saturated carbocycles. The van der Waals surface area contributed by atoms with Gasteiger partial charge in [0.15, 0.2) is 0 Å². The maximum absolute atomic E-state index is 12.7. The van der Waals surface area contributed by atoms with Gasteiger partial charge in [-0.25, -0.2) is 0 Å². The minimum atomic E-state index is -4.46. The summed E-state index contributed by atoms with van der Waals surface area (Å²) in [5, 5.41) is 2.75. The summed E-state index contributed by atoms with van der Waals surface area (Å²) in [6.07, 6.45) is -3.05. The molecule has 1 aromatic rings. The molecule has 0 atom stereocenters. The van der Waals surface area contributed by atoms with E-state index in [1.165, 1.54) is 12.1 Å². The van der Waals surface area contributed by atoms with Gasteiger partial charge < -0.3 is 5.32 Å². The topological polar surface area (TPSA) is 29.1 Å². The number of hydrogen-bond donors (Lipinski definition) is 1. The highest BCUT2D eigenvalue weighted by molar-refractivity contribution is 7.85. The van der Waals surface area contributed by atoms with Gasteiger partial charge in [0.1, 0.15) is 0 Å². The zero-order valence-electron chi connectivity index (χ0n) is 9.97.